The third-order valence-corrected chi connectivity index (χ3v) is 3.91. The summed E-state index contributed by atoms with van der Waals surface area (Å²) in [6.45, 7) is 13.8. The number of hydrogen-bond donors (Lipinski definition) is 1. The molecule has 0 aliphatic heterocycles. The number of methoxy groups -OCH3 is 1. The molecule has 0 saturated carbocycles. The van der Waals surface area contributed by atoms with E-state index < -0.39 is 0 Å². The van der Waals surface area contributed by atoms with Gasteiger partial charge in [-0.2, -0.15) is 0 Å². The molecule has 3 nitrogen and oxygen atoms in total. The lowest BCUT2D eigenvalue weighted by Crippen LogP contribution is -2.32. The van der Waals surface area contributed by atoms with Gasteiger partial charge in [-0.1, -0.05) is 40.2 Å². The van der Waals surface area contributed by atoms with Crippen LogP contribution in [0.25, 0.3) is 0 Å². The van der Waals surface area contributed by atoms with Crippen molar-refractivity contribution in [2.24, 2.45) is 11.8 Å². The Morgan fingerprint density at radius 2 is 1.89 bits per heavy atom. The van der Waals surface area contributed by atoms with Crippen molar-refractivity contribution in [2.75, 3.05) is 7.11 Å². The fraction of sp³-hybridized carbons (Fsp3) is 0.688. The number of Topliss-reactive ketones (excluding diaryl/α,β-unsaturated/α-hetero) is 1. The van der Waals surface area contributed by atoms with Gasteiger partial charge in [0.15, 0.2) is 5.78 Å². The fourth-order valence-corrected chi connectivity index (χ4v) is 2.63. The normalized spacial score (nSPS) is 17.2. The lowest BCUT2D eigenvalue weighted by molar-refractivity contribution is -0.114. The molecule has 19 heavy (non-hydrogen) atoms. The van der Waals surface area contributed by atoms with Gasteiger partial charge in [0.2, 0.25) is 0 Å². The van der Waals surface area contributed by atoms with E-state index in [2.05, 4.69) is 32.7 Å². The summed E-state index contributed by atoms with van der Waals surface area (Å²) in [5.41, 5.74) is 1.56. The molecule has 0 rings (SSSR count). The average Bonchev–Trinajstić information content (AvgIpc) is 2.39. The Labute approximate surface area is 118 Å². The quantitative estimate of drug-likeness (QED) is 0.648. The SMILES string of the molecule is C=CN/C(C(C)=O)=C(/C)C(OC)[C@H](CC)[C@@H](C)CC. The monoisotopic (exact) mass is 267 g/mol. The minimum Gasteiger partial charge on any atom is -0.377 e. The zero-order valence-corrected chi connectivity index (χ0v) is 13.2. The van der Waals surface area contributed by atoms with Crippen molar-refractivity contribution in [3.05, 3.63) is 24.0 Å². The molecule has 0 heterocycles. The molecule has 0 aliphatic carbocycles. The maximum absolute atomic E-state index is 11.7. The van der Waals surface area contributed by atoms with Crippen LogP contribution in [0.5, 0.6) is 0 Å². The summed E-state index contributed by atoms with van der Waals surface area (Å²) in [6.07, 6.45) is 3.64. The molecule has 0 amide bonds. The lowest BCUT2D eigenvalue weighted by Gasteiger charge is -2.31. The second-order valence-electron chi connectivity index (χ2n) is 5.08. The molecule has 0 radical (unpaired) electrons. The van der Waals surface area contributed by atoms with Gasteiger partial charge >= 0.3 is 0 Å². The highest BCUT2D eigenvalue weighted by Gasteiger charge is 2.28. The fourth-order valence-electron chi connectivity index (χ4n) is 2.63. The minimum atomic E-state index is -0.0358. The number of allylic oxidation sites excluding steroid dienone is 1. The van der Waals surface area contributed by atoms with E-state index in [1.54, 1.807) is 14.0 Å². The Morgan fingerprint density at radius 1 is 1.32 bits per heavy atom. The topological polar surface area (TPSA) is 38.3 Å². The minimum absolute atomic E-state index is 0.0125. The largest absolute Gasteiger partial charge is 0.377 e. The number of nitrogens with one attached hydrogen (secondary N) is 1. The van der Waals surface area contributed by atoms with Gasteiger partial charge in [0.1, 0.15) is 0 Å². The molecule has 0 aliphatic rings. The summed E-state index contributed by atoms with van der Waals surface area (Å²) >= 11 is 0. The molecule has 1 unspecified atom stereocenters. The third-order valence-electron chi connectivity index (χ3n) is 3.91. The van der Waals surface area contributed by atoms with E-state index in [9.17, 15) is 4.79 Å². The molecule has 0 aromatic heterocycles. The number of hydrogen-bond acceptors (Lipinski definition) is 3. The van der Waals surface area contributed by atoms with Crippen LogP contribution >= 0.6 is 0 Å². The highest BCUT2D eigenvalue weighted by atomic mass is 16.5. The second kappa shape index (κ2) is 8.92. The predicted octanol–water partition coefficient (Wildman–Crippen LogP) is 3.67. The van der Waals surface area contributed by atoms with E-state index in [0.29, 0.717) is 17.5 Å². The molecule has 0 aromatic carbocycles. The third kappa shape index (κ3) is 4.83. The van der Waals surface area contributed by atoms with Crippen LogP contribution in [-0.4, -0.2) is 19.0 Å². The first-order valence-corrected chi connectivity index (χ1v) is 7.06. The molecule has 0 spiro atoms. The molecular weight excluding hydrogens is 238 g/mol. The molecule has 0 bridgehead atoms. The molecule has 110 valence electrons. The summed E-state index contributed by atoms with van der Waals surface area (Å²) in [6, 6.07) is 0. The maximum atomic E-state index is 11.7. The highest BCUT2D eigenvalue weighted by Crippen LogP contribution is 2.29. The van der Waals surface area contributed by atoms with Crippen molar-refractivity contribution < 1.29 is 9.53 Å². The van der Waals surface area contributed by atoms with Crippen LogP contribution in [0.4, 0.5) is 0 Å². The molecule has 3 atom stereocenters. The van der Waals surface area contributed by atoms with Gasteiger partial charge in [0.05, 0.1) is 11.8 Å². The number of carbonyl (C=O) groups is 1. The summed E-state index contributed by atoms with van der Waals surface area (Å²) in [4.78, 5) is 11.7. The van der Waals surface area contributed by atoms with E-state index in [4.69, 9.17) is 4.74 Å². The van der Waals surface area contributed by atoms with Gasteiger partial charge in [-0.25, -0.2) is 0 Å². The van der Waals surface area contributed by atoms with Gasteiger partial charge in [0.25, 0.3) is 0 Å². The van der Waals surface area contributed by atoms with Crippen LogP contribution in [0.15, 0.2) is 24.0 Å². The van der Waals surface area contributed by atoms with Gasteiger partial charge in [-0.3, -0.25) is 4.79 Å². The van der Waals surface area contributed by atoms with E-state index in [0.717, 1.165) is 18.4 Å². The van der Waals surface area contributed by atoms with Crippen molar-refractivity contribution in [1.82, 2.24) is 5.32 Å². The zero-order valence-electron chi connectivity index (χ0n) is 13.2. The Kier molecular flexibility index (Phi) is 8.41. The Balaban J connectivity index is 5.45. The van der Waals surface area contributed by atoms with Crippen molar-refractivity contribution >= 4 is 5.78 Å². The Hall–Kier alpha value is -1.09. The van der Waals surface area contributed by atoms with Crippen LogP contribution < -0.4 is 5.32 Å². The smallest absolute Gasteiger partial charge is 0.175 e. The Morgan fingerprint density at radius 3 is 2.21 bits per heavy atom. The number of ether oxygens (including phenoxy) is 1. The number of carbonyl (C=O) groups excluding carboxylic acids is 1. The first-order chi connectivity index (χ1) is 8.94. The van der Waals surface area contributed by atoms with Gasteiger partial charge in [0, 0.05) is 14.0 Å². The molecule has 1 N–H and O–H groups in total. The number of rotatable bonds is 9. The predicted molar refractivity (Wildman–Crippen MR) is 80.7 cm³/mol. The lowest BCUT2D eigenvalue weighted by atomic mass is 9.81. The van der Waals surface area contributed by atoms with Crippen LogP contribution in [0.2, 0.25) is 0 Å². The summed E-state index contributed by atoms with van der Waals surface area (Å²) in [7, 11) is 1.71. The second-order valence-corrected chi connectivity index (χ2v) is 5.08. The van der Waals surface area contributed by atoms with Crippen LogP contribution in [-0.2, 0) is 9.53 Å². The zero-order chi connectivity index (χ0) is 15.0. The molecule has 0 aromatic rings. The summed E-state index contributed by atoms with van der Waals surface area (Å²) in [5, 5.41) is 2.95. The summed E-state index contributed by atoms with van der Waals surface area (Å²) in [5.74, 6) is 0.983. The standard InChI is InChI=1S/C16H29NO2/c1-8-11(4)14(9-2)16(19-7)12(5)15(13(6)18)17-10-3/h10-11,14,16-17H,3,8-9H2,1-2,4-7H3/b15-12-/t11-,14+,16?/m0/s1. The van der Waals surface area contributed by atoms with E-state index in [-0.39, 0.29) is 11.9 Å². The molecule has 0 saturated heterocycles. The van der Waals surface area contributed by atoms with Crippen LogP contribution in [0, 0.1) is 11.8 Å². The number of ketones is 1. The van der Waals surface area contributed by atoms with Crippen LogP contribution in [0.3, 0.4) is 0 Å². The van der Waals surface area contributed by atoms with Crippen LogP contribution in [0.1, 0.15) is 47.5 Å². The maximum Gasteiger partial charge on any atom is 0.175 e. The van der Waals surface area contributed by atoms with E-state index >= 15 is 0 Å². The summed E-state index contributed by atoms with van der Waals surface area (Å²) < 4.78 is 5.68. The van der Waals surface area contributed by atoms with Gasteiger partial charge < -0.3 is 10.1 Å². The van der Waals surface area contributed by atoms with Crippen molar-refractivity contribution in [2.45, 2.75) is 53.6 Å². The first-order valence-electron chi connectivity index (χ1n) is 7.06. The van der Waals surface area contributed by atoms with E-state index in [1.165, 1.54) is 6.20 Å². The average molecular weight is 267 g/mol. The highest BCUT2D eigenvalue weighted by molar-refractivity contribution is 5.93. The van der Waals surface area contributed by atoms with Crippen molar-refractivity contribution in [3.8, 4) is 0 Å². The first kappa shape index (κ1) is 17.9. The molecular formula is C16H29NO2. The molecule has 0 fully saturated rings. The van der Waals surface area contributed by atoms with Crippen molar-refractivity contribution in [1.29, 1.82) is 0 Å². The van der Waals surface area contributed by atoms with E-state index in [1.807, 2.05) is 6.92 Å². The molecule has 3 heteroatoms. The van der Waals surface area contributed by atoms with Crippen molar-refractivity contribution in [3.63, 3.8) is 0 Å². The van der Waals surface area contributed by atoms with Gasteiger partial charge in [-0.05, 0) is 30.5 Å². The van der Waals surface area contributed by atoms with Gasteiger partial charge in [-0.15, -0.1) is 0 Å². The Bertz CT molecular complexity index is 334.